The van der Waals surface area contributed by atoms with E-state index in [1.165, 1.54) is 5.56 Å². The van der Waals surface area contributed by atoms with Crippen molar-refractivity contribution in [2.75, 3.05) is 29.9 Å². The van der Waals surface area contributed by atoms with E-state index in [0.717, 1.165) is 30.6 Å². The fourth-order valence-electron chi connectivity index (χ4n) is 4.80. The highest BCUT2D eigenvalue weighted by molar-refractivity contribution is 6.10. The van der Waals surface area contributed by atoms with E-state index < -0.39 is 0 Å². The second kappa shape index (κ2) is 9.26. The summed E-state index contributed by atoms with van der Waals surface area (Å²) in [4.78, 5) is 34.0. The SMILES string of the molecule is CC(C)(C)c1ccc(-c2noc(CN3CCCC(C(=O)N4CC(=O)Nc5ccccc54)C3)n2)cc1. The Balaban J connectivity index is 1.25. The average Bonchev–Trinajstić information content (AvgIpc) is 3.31. The summed E-state index contributed by atoms with van der Waals surface area (Å²) >= 11 is 0. The lowest BCUT2D eigenvalue weighted by Gasteiger charge is -2.36. The third-order valence-corrected chi connectivity index (χ3v) is 6.73. The molecule has 35 heavy (non-hydrogen) atoms. The van der Waals surface area contributed by atoms with Crippen molar-refractivity contribution in [3.63, 3.8) is 0 Å². The number of carbonyl (C=O) groups is 2. The summed E-state index contributed by atoms with van der Waals surface area (Å²) in [5.41, 5.74) is 3.69. The topological polar surface area (TPSA) is 91.6 Å². The minimum absolute atomic E-state index is 0.0119. The highest BCUT2D eigenvalue weighted by Gasteiger charge is 2.34. The van der Waals surface area contributed by atoms with E-state index in [4.69, 9.17) is 4.52 Å². The molecular weight excluding hydrogens is 442 g/mol. The highest BCUT2D eigenvalue weighted by atomic mass is 16.5. The third kappa shape index (κ3) is 4.98. The maximum atomic E-state index is 13.4. The number of benzene rings is 2. The normalized spacial score (nSPS) is 18.8. The van der Waals surface area contributed by atoms with E-state index in [1.807, 2.05) is 36.4 Å². The molecule has 2 aromatic carbocycles. The van der Waals surface area contributed by atoms with Crippen LogP contribution in [0.1, 0.15) is 45.1 Å². The van der Waals surface area contributed by atoms with Crippen molar-refractivity contribution in [3.8, 4) is 11.4 Å². The first kappa shape index (κ1) is 23.2. The summed E-state index contributed by atoms with van der Waals surface area (Å²) in [6.45, 7) is 8.55. The van der Waals surface area contributed by atoms with Gasteiger partial charge in [0.05, 0.1) is 23.8 Å². The largest absolute Gasteiger partial charge is 0.338 e. The molecule has 2 amide bonds. The molecule has 8 nitrogen and oxygen atoms in total. The van der Waals surface area contributed by atoms with Crippen molar-refractivity contribution in [2.45, 2.75) is 45.6 Å². The van der Waals surface area contributed by atoms with Gasteiger partial charge in [0.25, 0.3) is 0 Å². The van der Waals surface area contributed by atoms with Gasteiger partial charge in [-0.3, -0.25) is 14.5 Å². The second-order valence-corrected chi connectivity index (χ2v) is 10.4. The van der Waals surface area contributed by atoms with E-state index in [2.05, 4.69) is 53.3 Å². The number of nitrogens with one attached hydrogen (secondary N) is 1. The summed E-state index contributed by atoms with van der Waals surface area (Å²) in [7, 11) is 0. The molecule has 0 aliphatic carbocycles. The summed E-state index contributed by atoms with van der Waals surface area (Å²) in [5.74, 6) is 0.743. The zero-order chi connectivity index (χ0) is 24.6. The van der Waals surface area contributed by atoms with Crippen LogP contribution >= 0.6 is 0 Å². The predicted molar refractivity (Wildman–Crippen MR) is 134 cm³/mol. The zero-order valence-electron chi connectivity index (χ0n) is 20.5. The van der Waals surface area contributed by atoms with Gasteiger partial charge in [-0.05, 0) is 42.5 Å². The fraction of sp³-hybridized carbons (Fsp3) is 0.407. The van der Waals surface area contributed by atoms with Crippen molar-refractivity contribution in [1.29, 1.82) is 0 Å². The van der Waals surface area contributed by atoms with Crippen LogP contribution in [-0.2, 0) is 21.5 Å². The summed E-state index contributed by atoms with van der Waals surface area (Å²) < 4.78 is 5.54. The molecule has 1 aromatic heterocycles. The molecule has 3 heterocycles. The molecule has 0 radical (unpaired) electrons. The fourth-order valence-corrected chi connectivity index (χ4v) is 4.80. The maximum Gasteiger partial charge on any atom is 0.244 e. The smallest absolute Gasteiger partial charge is 0.244 e. The van der Waals surface area contributed by atoms with Gasteiger partial charge in [0.15, 0.2) is 0 Å². The monoisotopic (exact) mass is 473 g/mol. The van der Waals surface area contributed by atoms with Crippen molar-refractivity contribution < 1.29 is 14.1 Å². The lowest BCUT2D eigenvalue weighted by atomic mass is 9.87. The highest BCUT2D eigenvalue weighted by Crippen LogP contribution is 2.32. The van der Waals surface area contributed by atoms with Crippen LogP contribution in [0.2, 0.25) is 0 Å². The summed E-state index contributed by atoms with van der Waals surface area (Å²) in [6, 6.07) is 15.7. The van der Waals surface area contributed by atoms with Gasteiger partial charge in [-0.2, -0.15) is 4.98 Å². The predicted octanol–water partition coefficient (Wildman–Crippen LogP) is 4.23. The zero-order valence-corrected chi connectivity index (χ0v) is 20.5. The van der Waals surface area contributed by atoms with Crippen molar-refractivity contribution in [3.05, 3.63) is 60.0 Å². The molecule has 182 valence electrons. The summed E-state index contributed by atoms with van der Waals surface area (Å²) in [6.07, 6.45) is 1.69. The lowest BCUT2D eigenvalue weighted by Crippen LogP contribution is -2.48. The molecule has 5 rings (SSSR count). The molecule has 1 atom stereocenters. The Morgan fingerprint density at radius 1 is 1.14 bits per heavy atom. The van der Waals surface area contributed by atoms with Crippen LogP contribution in [0.5, 0.6) is 0 Å². The molecule has 0 spiro atoms. The van der Waals surface area contributed by atoms with Gasteiger partial charge >= 0.3 is 0 Å². The van der Waals surface area contributed by atoms with Crippen LogP contribution in [0, 0.1) is 5.92 Å². The summed E-state index contributed by atoms with van der Waals surface area (Å²) in [5, 5.41) is 7.02. The quantitative estimate of drug-likeness (QED) is 0.610. The molecule has 1 unspecified atom stereocenters. The average molecular weight is 474 g/mol. The number of hydrogen-bond donors (Lipinski definition) is 1. The second-order valence-electron chi connectivity index (χ2n) is 10.4. The molecule has 1 saturated heterocycles. The first-order valence-corrected chi connectivity index (χ1v) is 12.1. The number of likely N-dealkylation sites (tertiary alicyclic amines) is 1. The Hall–Kier alpha value is -3.52. The number of anilines is 2. The van der Waals surface area contributed by atoms with Crippen molar-refractivity contribution >= 4 is 23.2 Å². The van der Waals surface area contributed by atoms with Gasteiger partial charge in [-0.15, -0.1) is 0 Å². The van der Waals surface area contributed by atoms with Gasteiger partial charge in [0.2, 0.25) is 23.5 Å². The van der Waals surface area contributed by atoms with Gasteiger partial charge < -0.3 is 14.7 Å². The molecule has 1 N–H and O–H groups in total. The van der Waals surface area contributed by atoms with E-state index in [-0.39, 0.29) is 29.7 Å². The van der Waals surface area contributed by atoms with Gasteiger partial charge in [-0.25, -0.2) is 0 Å². The molecule has 8 heteroatoms. The van der Waals surface area contributed by atoms with Crippen LogP contribution in [-0.4, -0.2) is 46.5 Å². The first-order chi connectivity index (χ1) is 16.8. The Kier molecular flexibility index (Phi) is 6.15. The van der Waals surface area contributed by atoms with Crippen LogP contribution in [0.15, 0.2) is 53.1 Å². The molecular formula is C27H31N5O3. The number of hydrogen-bond acceptors (Lipinski definition) is 6. The van der Waals surface area contributed by atoms with Crippen LogP contribution < -0.4 is 10.2 Å². The number of nitrogens with zero attached hydrogens (tertiary/aromatic N) is 4. The molecule has 2 aliphatic rings. The molecule has 3 aromatic rings. The lowest BCUT2D eigenvalue weighted by molar-refractivity contribution is -0.126. The van der Waals surface area contributed by atoms with Crippen LogP contribution in [0.25, 0.3) is 11.4 Å². The Bertz CT molecular complexity index is 1230. The Morgan fingerprint density at radius 2 is 1.91 bits per heavy atom. The number of fused-ring (bicyclic) bond motifs is 1. The van der Waals surface area contributed by atoms with E-state index in [1.54, 1.807) is 4.90 Å². The van der Waals surface area contributed by atoms with Crippen LogP contribution in [0.3, 0.4) is 0 Å². The standard InChI is InChI=1S/C27H31N5O3/c1-27(2,3)20-12-10-18(11-13-20)25-29-24(35-30-25)17-31-14-6-7-19(15-31)26(34)32-16-23(33)28-21-8-4-5-9-22(21)32/h4-5,8-13,19H,6-7,14-17H2,1-3H3,(H,28,33). The van der Waals surface area contributed by atoms with Gasteiger partial charge in [-0.1, -0.05) is 62.3 Å². The number of carbonyl (C=O) groups excluding carboxylic acids is 2. The molecule has 2 aliphatic heterocycles. The number of amides is 2. The number of rotatable bonds is 4. The van der Waals surface area contributed by atoms with Gasteiger partial charge in [0.1, 0.15) is 6.54 Å². The van der Waals surface area contributed by atoms with Crippen molar-refractivity contribution in [1.82, 2.24) is 15.0 Å². The van der Waals surface area contributed by atoms with Crippen LogP contribution in [0.4, 0.5) is 11.4 Å². The minimum atomic E-state index is -0.185. The molecule has 1 fully saturated rings. The number of para-hydroxylation sites is 2. The first-order valence-electron chi connectivity index (χ1n) is 12.1. The van der Waals surface area contributed by atoms with E-state index in [0.29, 0.717) is 30.5 Å². The molecule has 0 bridgehead atoms. The van der Waals surface area contributed by atoms with Gasteiger partial charge in [0, 0.05) is 12.1 Å². The Labute approximate surface area is 205 Å². The molecule has 0 saturated carbocycles. The van der Waals surface area contributed by atoms with Crippen molar-refractivity contribution in [2.24, 2.45) is 5.92 Å². The third-order valence-electron chi connectivity index (χ3n) is 6.73. The Morgan fingerprint density at radius 3 is 2.69 bits per heavy atom. The minimum Gasteiger partial charge on any atom is -0.338 e. The maximum absolute atomic E-state index is 13.4. The number of aromatic nitrogens is 2. The van der Waals surface area contributed by atoms with E-state index >= 15 is 0 Å². The number of piperidine rings is 1. The van der Waals surface area contributed by atoms with E-state index in [9.17, 15) is 9.59 Å².